The molecule has 4 rings (SSSR count). The SMILES string of the molecule is O=C(C1CCN(S(=O)(=O)c2cc(F)ccc2F)CC1)N1CCN(Cc2ccc(Cl)cc2)CC1. The van der Waals surface area contributed by atoms with Crippen LogP contribution in [0.4, 0.5) is 8.78 Å². The molecule has 2 aliphatic heterocycles. The molecule has 0 atom stereocenters. The van der Waals surface area contributed by atoms with Crippen molar-refractivity contribution in [1.82, 2.24) is 14.1 Å². The molecule has 6 nitrogen and oxygen atoms in total. The van der Waals surface area contributed by atoms with Crippen LogP contribution in [0.1, 0.15) is 18.4 Å². The number of carbonyl (C=O) groups is 1. The summed E-state index contributed by atoms with van der Waals surface area (Å²) in [6.45, 7) is 3.78. The molecule has 10 heteroatoms. The topological polar surface area (TPSA) is 60.9 Å². The number of hydrogen-bond acceptors (Lipinski definition) is 4. The zero-order valence-electron chi connectivity index (χ0n) is 18.1. The smallest absolute Gasteiger partial charge is 0.246 e. The standard InChI is InChI=1S/C23H26ClF2N3O3S/c24-19-3-1-17(2-4-19)16-27-11-13-28(14-12-27)23(30)18-7-9-29(10-8-18)33(31,32)22-15-20(25)5-6-21(22)26/h1-6,15,18H,7-14,16H2. The highest BCUT2D eigenvalue weighted by atomic mass is 35.5. The summed E-state index contributed by atoms with van der Waals surface area (Å²) in [5.41, 5.74) is 1.17. The fraction of sp³-hybridized carbons (Fsp3) is 0.435. The lowest BCUT2D eigenvalue weighted by Gasteiger charge is -2.38. The lowest BCUT2D eigenvalue weighted by atomic mass is 9.96. The van der Waals surface area contributed by atoms with Crippen molar-refractivity contribution in [1.29, 1.82) is 0 Å². The van der Waals surface area contributed by atoms with E-state index in [0.717, 1.165) is 36.1 Å². The molecule has 33 heavy (non-hydrogen) atoms. The molecular weight excluding hydrogens is 472 g/mol. The molecule has 2 aromatic carbocycles. The maximum Gasteiger partial charge on any atom is 0.246 e. The summed E-state index contributed by atoms with van der Waals surface area (Å²) in [4.78, 5) is 16.5. The number of benzene rings is 2. The van der Waals surface area contributed by atoms with E-state index in [1.54, 1.807) is 0 Å². The van der Waals surface area contributed by atoms with Crippen molar-refractivity contribution in [2.75, 3.05) is 39.3 Å². The van der Waals surface area contributed by atoms with E-state index < -0.39 is 26.6 Å². The maximum atomic E-state index is 14.0. The first-order chi connectivity index (χ1) is 15.7. The summed E-state index contributed by atoms with van der Waals surface area (Å²) in [5.74, 6) is -2.02. The van der Waals surface area contributed by atoms with Gasteiger partial charge >= 0.3 is 0 Å². The molecule has 2 aromatic rings. The summed E-state index contributed by atoms with van der Waals surface area (Å²) in [7, 11) is -4.15. The summed E-state index contributed by atoms with van der Waals surface area (Å²) in [6.07, 6.45) is 0.722. The highest BCUT2D eigenvalue weighted by Gasteiger charge is 2.35. The minimum absolute atomic E-state index is 0.0372. The first-order valence-corrected chi connectivity index (χ1v) is 12.8. The van der Waals surface area contributed by atoms with Crippen molar-refractivity contribution in [3.63, 3.8) is 0 Å². The number of piperazine rings is 1. The molecule has 0 radical (unpaired) electrons. The molecular formula is C23H26ClF2N3O3S. The molecule has 0 saturated carbocycles. The predicted molar refractivity (Wildman–Crippen MR) is 121 cm³/mol. The summed E-state index contributed by atoms with van der Waals surface area (Å²) in [6, 6.07) is 10.1. The summed E-state index contributed by atoms with van der Waals surface area (Å²) < 4.78 is 54.1. The van der Waals surface area contributed by atoms with Gasteiger partial charge < -0.3 is 4.90 Å². The van der Waals surface area contributed by atoms with Gasteiger partial charge in [0.15, 0.2) is 0 Å². The van der Waals surface area contributed by atoms with Crippen LogP contribution in [0.3, 0.4) is 0 Å². The zero-order chi connectivity index (χ0) is 23.6. The third-order valence-corrected chi connectivity index (χ3v) is 8.48. The Labute approximate surface area is 197 Å². The number of carbonyl (C=O) groups excluding carboxylic acids is 1. The normalized spacial score (nSPS) is 19.1. The van der Waals surface area contributed by atoms with E-state index in [2.05, 4.69) is 4.90 Å². The van der Waals surface area contributed by atoms with Gasteiger partial charge in [-0.3, -0.25) is 9.69 Å². The second-order valence-electron chi connectivity index (χ2n) is 8.48. The number of nitrogens with zero attached hydrogens (tertiary/aromatic N) is 3. The minimum Gasteiger partial charge on any atom is -0.340 e. The van der Waals surface area contributed by atoms with Gasteiger partial charge in [0.05, 0.1) is 0 Å². The molecule has 0 aliphatic carbocycles. The molecule has 2 aliphatic rings. The van der Waals surface area contributed by atoms with Crippen LogP contribution >= 0.6 is 11.6 Å². The van der Waals surface area contributed by atoms with Crippen molar-refractivity contribution in [2.45, 2.75) is 24.3 Å². The summed E-state index contributed by atoms with van der Waals surface area (Å²) in [5, 5.41) is 0.703. The van der Waals surface area contributed by atoms with Crippen LogP contribution in [-0.4, -0.2) is 67.7 Å². The Balaban J connectivity index is 1.29. The number of halogens is 3. The number of piperidine rings is 1. The third kappa shape index (κ3) is 5.54. The second-order valence-corrected chi connectivity index (χ2v) is 10.8. The minimum atomic E-state index is -4.15. The first kappa shape index (κ1) is 24.1. The van der Waals surface area contributed by atoms with E-state index in [4.69, 9.17) is 11.6 Å². The predicted octanol–water partition coefficient (Wildman–Crippen LogP) is 3.36. The number of hydrogen-bond donors (Lipinski definition) is 0. The number of amides is 1. The lowest BCUT2D eigenvalue weighted by molar-refractivity contribution is -0.138. The maximum absolute atomic E-state index is 14.0. The highest BCUT2D eigenvalue weighted by Crippen LogP contribution is 2.27. The fourth-order valence-corrected chi connectivity index (χ4v) is 6.06. The van der Waals surface area contributed by atoms with Gasteiger partial charge in [-0.2, -0.15) is 4.31 Å². The van der Waals surface area contributed by atoms with Gasteiger partial charge in [0.25, 0.3) is 0 Å². The Kier molecular flexibility index (Phi) is 7.33. The van der Waals surface area contributed by atoms with Crippen LogP contribution < -0.4 is 0 Å². The number of sulfonamides is 1. The average molecular weight is 498 g/mol. The van der Waals surface area contributed by atoms with E-state index in [1.165, 1.54) is 5.56 Å². The third-order valence-electron chi connectivity index (χ3n) is 6.32. The van der Waals surface area contributed by atoms with Crippen LogP contribution in [0.15, 0.2) is 47.4 Å². The molecule has 0 spiro atoms. The zero-order valence-corrected chi connectivity index (χ0v) is 19.7. The van der Waals surface area contributed by atoms with Gasteiger partial charge in [0.1, 0.15) is 16.5 Å². The van der Waals surface area contributed by atoms with Crippen molar-refractivity contribution >= 4 is 27.5 Å². The summed E-state index contributed by atoms with van der Waals surface area (Å²) >= 11 is 5.93. The van der Waals surface area contributed by atoms with Gasteiger partial charge in [-0.05, 0) is 48.7 Å². The van der Waals surface area contributed by atoms with E-state index in [0.29, 0.717) is 37.0 Å². The van der Waals surface area contributed by atoms with Crippen LogP contribution in [0, 0.1) is 17.6 Å². The van der Waals surface area contributed by atoms with Crippen molar-refractivity contribution in [3.05, 3.63) is 64.7 Å². The van der Waals surface area contributed by atoms with Gasteiger partial charge in [0, 0.05) is 56.8 Å². The van der Waals surface area contributed by atoms with Gasteiger partial charge in [-0.25, -0.2) is 17.2 Å². The second kappa shape index (κ2) is 10.0. The Morgan fingerprint density at radius 1 is 0.939 bits per heavy atom. The van der Waals surface area contributed by atoms with Gasteiger partial charge in [-0.15, -0.1) is 0 Å². The largest absolute Gasteiger partial charge is 0.340 e. The Morgan fingerprint density at radius 3 is 2.21 bits per heavy atom. The van der Waals surface area contributed by atoms with Crippen LogP contribution in [0.5, 0.6) is 0 Å². The quantitative estimate of drug-likeness (QED) is 0.635. The molecule has 2 heterocycles. The van der Waals surface area contributed by atoms with E-state index in [9.17, 15) is 22.0 Å². The lowest BCUT2D eigenvalue weighted by Crippen LogP contribution is -2.51. The molecule has 1 amide bonds. The molecule has 0 N–H and O–H groups in total. The van der Waals surface area contributed by atoms with Crippen molar-refractivity contribution in [3.8, 4) is 0 Å². The highest BCUT2D eigenvalue weighted by molar-refractivity contribution is 7.89. The fourth-order valence-electron chi connectivity index (χ4n) is 4.39. The van der Waals surface area contributed by atoms with Gasteiger partial charge in [-0.1, -0.05) is 23.7 Å². The van der Waals surface area contributed by atoms with Crippen LogP contribution in [-0.2, 0) is 21.4 Å². The average Bonchev–Trinajstić information content (AvgIpc) is 2.82. The number of rotatable bonds is 5. The first-order valence-electron chi connectivity index (χ1n) is 10.9. The van der Waals surface area contributed by atoms with Gasteiger partial charge in [0.2, 0.25) is 15.9 Å². The van der Waals surface area contributed by atoms with E-state index in [-0.39, 0.29) is 24.9 Å². The Bertz CT molecular complexity index is 1100. The Morgan fingerprint density at radius 2 is 1.58 bits per heavy atom. The monoisotopic (exact) mass is 497 g/mol. The van der Waals surface area contributed by atoms with E-state index >= 15 is 0 Å². The molecule has 0 unspecified atom stereocenters. The molecule has 178 valence electrons. The molecule has 2 saturated heterocycles. The van der Waals surface area contributed by atoms with Crippen molar-refractivity contribution in [2.24, 2.45) is 5.92 Å². The van der Waals surface area contributed by atoms with E-state index in [1.807, 2.05) is 29.2 Å². The van der Waals surface area contributed by atoms with Crippen molar-refractivity contribution < 1.29 is 22.0 Å². The molecule has 0 aromatic heterocycles. The molecule has 0 bridgehead atoms. The van der Waals surface area contributed by atoms with Crippen LogP contribution in [0.2, 0.25) is 5.02 Å². The Hall–Kier alpha value is -2.07. The molecule has 2 fully saturated rings. The van der Waals surface area contributed by atoms with Crippen LogP contribution in [0.25, 0.3) is 0 Å².